The summed E-state index contributed by atoms with van der Waals surface area (Å²) in [5, 5.41) is 12.7. The van der Waals surface area contributed by atoms with Crippen LogP contribution >= 0.6 is 0 Å². The number of aromatic nitrogens is 2. The first-order chi connectivity index (χ1) is 12.4. The number of carbonyl (C=O) groups is 1. The number of amides is 1. The van der Waals surface area contributed by atoms with Gasteiger partial charge < -0.3 is 5.32 Å². The molecule has 0 saturated carbocycles. The average Bonchev–Trinajstić information content (AvgIpc) is 3.08. The summed E-state index contributed by atoms with van der Waals surface area (Å²) in [6.07, 6.45) is 3.13. The fourth-order valence-electron chi connectivity index (χ4n) is 3.23. The van der Waals surface area contributed by atoms with Crippen molar-refractivity contribution >= 4 is 16.1 Å². The summed E-state index contributed by atoms with van der Waals surface area (Å²) in [5.41, 5.74) is 1.91. The maximum Gasteiger partial charge on any atom is 0.276 e. The lowest BCUT2D eigenvalue weighted by Gasteiger charge is -2.30. The maximum atomic E-state index is 12.5. The Morgan fingerprint density at radius 3 is 2.73 bits per heavy atom. The topological polar surface area (TPSA) is 110 Å². The van der Waals surface area contributed by atoms with Crippen LogP contribution in [0.2, 0.25) is 0 Å². The zero-order chi connectivity index (χ0) is 18.7. The molecule has 2 heterocycles. The van der Waals surface area contributed by atoms with Crippen molar-refractivity contribution in [2.24, 2.45) is 5.14 Å². The van der Waals surface area contributed by atoms with Crippen LogP contribution in [0.15, 0.2) is 36.5 Å². The molecule has 0 aliphatic carbocycles. The molecule has 1 fully saturated rings. The predicted octanol–water partition coefficient (Wildman–Crippen LogP) is 1.00. The molecule has 1 amide bonds. The molecule has 26 heavy (non-hydrogen) atoms. The SMILES string of the molecule is CCNC(=O)c1cn(-c2ccccc2)nc1[C@@H]1CCCN(S(N)(=O)=O)C1. The Bertz CT molecular complexity index is 879. The standard InChI is InChI=1S/C17H23N5O3S/c1-2-19-17(23)15-12-22(14-8-4-3-5-9-14)20-16(15)13-7-6-10-21(11-13)26(18,24)25/h3-5,8-9,12-13H,2,6-7,10-11H2,1H3,(H,19,23)(H2,18,24,25)/t13-/m1/s1. The van der Waals surface area contributed by atoms with Crippen LogP contribution < -0.4 is 10.5 Å². The highest BCUT2D eigenvalue weighted by Crippen LogP contribution is 2.29. The van der Waals surface area contributed by atoms with Gasteiger partial charge in [-0.2, -0.15) is 17.8 Å². The molecule has 3 rings (SSSR count). The van der Waals surface area contributed by atoms with E-state index in [0.29, 0.717) is 30.8 Å². The van der Waals surface area contributed by atoms with Crippen LogP contribution in [-0.2, 0) is 10.2 Å². The largest absolute Gasteiger partial charge is 0.352 e. The number of para-hydroxylation sites is 1. The summed E-state index contributed by atoms with van der Waals surface area (Å²) in [6.45, 7) is 2.98. The van der Waals surface area contributed by atoms with Crippen molar-refractivity contribution in [2.45, 2.75) is 25.7 Å². The monoisotopic (exact) mass is 377 g/mol. The van der Waals surface area contributed by atoms with Gasteiger partial charge in [-0.05, 0) is 31.9 Å². The Morgan fingerprint density at radius 2 is 2.08 bits per heavy atom. The summed E-state index contributed by atoms with van der Waals surface area (Å²) < 4.78 is 26.3. The van der Waals surface area contributed by atoms with Gasteiger partial charge >= 0.3 is 0 Å². The van der Waals surface area contributed by atoms with Gasteiger partial charge in [0.1, 0.15) is 0 Å². The zero-order valence-electron chi connectivity index (χ0n) is 14.6. The number of carbonyl (C=O) groups excluding carboxylic acids is 1. The third-order valence-corrected chi connectivity index (χ3v) is 5.53. The molecule has 1 aliphatic rings. The first kappa shape index (κ1) is 18.6. The van der Waals surface area contributed by atoms with Gasteiger partial charge in [-0.15, -0.1) is 0 Å². The summed E-state index contributed by atoms with van der Waals surface area (Å²) in [5.74, 6) is -0.387. The number of hydrogen-bond acceptors (Lipinski definition) is 4. The Morgan fingerprint density at radius 1 is 1.35 bits per heavy atom. The van der Waals surface area contributed by atoms with Crippen LogP contribution in [0.1, 0.15) is 41.7 Å². The number of rotatable bonds is 5. The van der Waals surface area contributed by atoms with E-state index >= 15 is 0 Å². The van der Waals surface area contributed by atoms with Crippen LogP contribution in [0.25, 0.3) is 5.69 Å². The smallest absolute Gasteiger partial charge is 0.276 e. The van der Waals surface area contributed by atoms with Crippen LogP contribution in [-0.4, -0.2) is 48.0 Å². The van der Waals surface area contributed by atoms with Gasteiger partial charge in [0.25, 0.3) is 16.1 Å². The second kappa shape index (κ2) is 7.56. The molecule has 0 radical (unpaired) electrons. The average molecular weight is 377 g/mol. The molecule has 1 saturated heterocycles. The molecule has 0 bridgehead atoms. The third-order valence-electron chi connectivity index (χ3n) is 4.48. The van der Waals surface area contributed by atoms with Gasteiger partial charge in [-0.3, -0.25) is 4.79 Å². The van der Waals surface area contributed by atoms with Crippen molar-refractivity contribution in [3.05, 3.63) is 47.8 Å². The number of nitrogens with zero attached hydrogens (tertiary/aromatic N) is 3. The van der Waals surface area contributed by atoms with E-state index in [1.54, 1.807) is 10.9 Å². The van der Waals surface area contributed by atoms with Crippen LogP contribution in [0, 0.1) is 0 Å². The Kier molecular flexibility index (Phi) is 5.40. The van der Waals surface area contributed by atoms with Crippen molar-refractivity contribution in [2.75, 3.05) is 19.6 Å². The van der Waals surface area contributed by atoms with E-state index in [-0.39, 0.29) is 18.4 Å². The van der Waals surface area contributed by atoms with E-state index in [1.165, 1.54) is 4.31 Å². The lowest BCUT2D eigenvalue weighted by atomic mass is 9.93. The lowest BCUT2D eigenvalue weighted by molar-refractivity contribution is 0.0954. The molecule has 1 aromatic heterocycles. The van der Waals surface area contributed by atoms with Crippen LogP contribution in [0.3, 0.4) is 0 Å². The molecule has 8 nitrogen and oxygen atoms in total. The van der Waals surface area contributed by atoms with E-state index in [2.05, 4.69) is 10.4 Å². The minimum Gasteiger partial charge on any atom is -0.352 e. The van der Waals surface area contributed by atoms with Gasteiger partial charge in [-0.1, -0.05) is 18.2 Å². The molecular weight excluding hydrogens is 354 g/mol. The molecule has 3 N–H and O–H groups in total. The summed E-state index contributed by atoms with van der Waals surface area (Å²) in [6, 6.07) is 9.49. The van der Waals surface area contributed by atoms with Crippen molar-refractivity contribution in [1.82, 2.24) is 19.4 Å². The van der Waals surface area contributed by atoms with Gasteiger partial charge in [0, 0.05) is 31.7 Å². The van der Waals surface area contributed by atoms with Crippen molar-refractivity contribution < 1.29 is 13.2 Å². The van der Waals surface area contributed by atoms with Crippen molar-refractivity contribution in [3.8, 4) is 5.69 Å². The summed E-state index contributed by atoms with van der Waals surface area (Å²) >= 11 is 0. The fourth-order valence-corrected chi connectivity index (χ4v) is 4.00. The fraction of sp³-hybridized carbons (Fsp3) is 0.412. The minimum absolute atomic E-state index is 0.176. The Hall–Kier alpha value is -2.23. The van der Waals surface area contributed by atoms with E-state index in [0.717, 1.165) is 12.1 Å². The zero-order valence-corrected chi connectivity index (χ0v) is 15.4. The van der Waals surface area contributed by atoms with Gasteiger partial charge in [0.05, 0.1) is 16.9 Å². The number of nitrogens with two attached hydrogens (primary N) is 1. The minimum atomic E-state index is -3.76. The van der Waals surface area contributed by atoms with E-state index in [1.807, 2.05) is 37.3 Å². The Balaban J connectivity index is 1.99. The third kappa shape index (κ3) is 3.95. The highest BCUT2D eigenvalue weighted by Gasteiger charge is 2.31. The highest BCUT2D eigenvalue weighted by atomic mass is 32.2. The molecular formula is C17H23N5O3S. The quantitative estimate of drug-likeness (QED) is 0.810. The molecule has 1 atom stereocenters. The highest BCUT2D eigenvalue weighted by molar-refractivity contribution is 7.86. The molecule has 1 aromatic carbocycles. The van der Waals surface area contributed by atoms with Gasteiger partial charge in [0.15, 0.2) is 0 Å². The van der Waals surface area contributed by atoms with E-state index in [9.17, 15) is 13.2 Å². The maximum absolute atomic E-state index is 12.5. The van der Waals surface area contributed by atoms with E-state index < -0.39 is 10.2 Å². The molecule has 1 aliphatic heterocycles. The molecule has 140 valence electrons. The van der Waals surface area contributed by atoms with Gasteiger partial charge in [-0.25, -0.2) is 9.82 Å². The summed E-state index contributed by atoms with van der Waals surface area (Å²) in [7, 11) is -3.76. The van der Waals surface area contributed by atoms with Crippen LogP contribution in [0.4, 0.5) is 0 Å². The number of nitrogens with one attached hydrogen (secondary N) is 1. The summed E-state index contributed by atoms with van der Waals surface area (Å²) in [4.78, 5) is 12.5. The van der Waals surface area contributed by atoms with Crippen molar-refractivity contribution in [1.29, 1.82) is 0 Å². The molecule has 9 heteroatoms. The Labute approximate surface area is 153 Å². The number of hydrogen-bond donors (Lipinski definition) is 2. The van der Waals surface area contributed by atoms with Gasteiger partial charge in [0.2, 0.25) is 0 Å². The molecule has 2 aromatic rings. The number of piperidine rings is 1. The second-order valence-electron chi connectivity index (χ2n) is 6.31. The molecule has 0 unspecified atom stereocenters. The first-order valence-electron chi connectivity index (χ1n) is 8.61. The second-order valence-corrected chi connectivity index (χ2v) is 7.86. The predicted molar refractivity (Wildman–Crippen MR) is 98.2 cm³/mol. The number of benzene rings is 1. The van der Waals surface area contributed by atoms with E-state index in [4.69, 9.17) is 5.14 Å². The first-order valence-corrected chi connectivity index (χ1v) is 10.1. The van der Waals surface area contributed by atoms with Crippen molar-refractivity contribution in [3.63, 3.8) is 0 Å². The molecule has 0 spiro atoms. The van der Waals surface area contributed by atoms with Crippen LogP contribution in [0.5, 0.6) is 0 Å². The lowest BCUT2D eigenvalue weighted by Crippen LogP contribution is -2.43. The normalized spacial score (nSPS) is 18.6.